The number of hydrogen-bond acceptors (Lipinski definition) is 1. The van der Waals surface area contributed by atoms with E-state index in [9.17, 15) is 9.18 Å². The summed E-state index contributed by atoms with van der Waals surface area (Å²) < 4.78 is 13.8. The van der Waals surface area contributed by atoms with Gasteiger partial charge in [-0.3, -0.25) is 4.79 Å². The molecule has 0 saturated heterocycles. The quantitative estimate of drug-likeness (QED) is 0.825. The van der Waals surface area contributed by atoms with Crippen molar-refractivity contribution in [2.75, 3.05) is 11.9 Å². The number of carbonyl (C=O) groups excluding carboxylic acids is 1. The molecule has 0 fully saturated rings. The van der Waals surface area contributed by atoms with Gasteiger partial charge in [0, 0.05) is 17.2 Å². The molecule has 0 aliphatic rings. The molecule has 0 N–H and O–H groups in total. The summed E-state index contributed by atoms with van der Waals surface area (Å²) in [5.41, 5.74) is 1.07. The molecule has 0 spiro atoms. The number of halogens is 2. The molecule has 0 aromatic heterocycles. The lowest BCUT2D eigenvalue weighted by Crippen LogP contribution is -2.26. The van der Waals surface area contributed by atoms with Crippen LogP contribution in [0.5, 0.6) is 0 Å². The van der Waals surface area contributed by atoms with Gasteiger partial charge in [-0.2, -0.15) is 0 Å². The average Bonchev–Trinajstić information content (AvgIpc) is 2.41. The predicted molar refractivity (Wildman–Crippen MR) is 73.3 cm³/mol. The van der Waals surface area contributed by atoms with E-state index in [4.69, 9.17) is 0 Å². The van der Waals surface area contributed by atoms with Crippen LogP contribution in [0.3, 0.4) is 0 Å². The van der Waals surface area contributed by atoms with Crippen molar-refractivity contribution < 1.29 is 9.18 Å². The van der Waals surface area contributed by atoms with E-state index in [1.165, 1.54) is 23.1 Å². The minimum atomic E-state index is -0.428. The third kappa shape index (κ3) is 2.59. The van der Waals surface area contributed by atoms with Crippen molar-refractivity contribution in [3.63, 3.8) is 0 Å². The molecule has 0 aliphatic carbocycles. The maximum absolute atomic E-state index is 13.2. The van der Waals surface area contributed by atoms with Gasteiger partial charge in [0.05, 0.1) is 5.56 Å². The van der Waals surface area contributed by atoms with Gasteiger partial charge in [-0.05, 0) is 46.3 Å². The van der Waals surface area contributed by atoms with Crippen molar-refractivity contribution in [2.24, 2.45) is 0 Å². The fourth-order valence-corrected chi connectivity index (χ4v) is 2.03. The van der Waals surface area contributed by atoms with Gasteiger partial charge in [-0.1, -0.05) is 18.2 Å². The maximum atomic E-state index is 13.2. The first-order valence-corrected chi connectivity index (χ1v) is 6.17. The standard InChI is InChI=1S/C14H11BrFNO/c1-17(11-5-3-2-4-6-11)14(18)12-9-10(16)7-8-13(12)15/h2-9H,1H3. The fraction of sp³-hybridized carbons (Fsp3) is 0.0714. The zero-order valence-electron chi connectivity index (χ0n) is 9.73. The van der Waals surface area contributed by atoms with E-state index < -0.39 is 5.82 Å². The van der Waals surface area contributed by atoms with Crippen LogP contribution in [0, 0.1) is 5.82 Å². The Labute approximate surface area is 113 Å². The summed E-state index contributed by atoms with van der Waals surface area (Å²) >= 11 is 3.26. The first-order chi connectivity index (χ1) is 8.59. The lowest BCUT2D eigenvalue weighted by Gasteiger charge is -2.18. The molecule has 2 aromatic rings. The van der Waals surface area contributed by atoms with E-state index in [2.05, 4.69) is 15.9 Å². The van der Waals surface area contributed by atoms with E-state index in [0.717, 1.165) is 5.69 Å². The van der Waals surface area contributed by atoms with E-state index in [1.807, 2.05) is 30.3 Å². The van der Waals surface area contributed by atoms with Crippen LogP contribution in [0.4, 0.5) is 10.1 Å². The third-order valence-electron chi connectivity index (χ3n) is 2.61. The fourth-order valence-electron chi connectivity index (χ4n) is 1.61. The monoisotopic (exact) mass is 307 g/mol. The van der Waals surface area contributed by atoms with Crippen LogP contribution >= 0.6 is 15.9 Å². The van der Waals surface area contributed by atoms with Gasteiger partial charge in [-0.25, -0.2) is 4.39 Å². The summed E-state index contributed by atoms with van der Waals surface area (Å²) in [6, 6.07) is 13.3. The zero-order valence-corrected chi connectivity index (χ0v) is 11.3. The van der Waals surface area contributed by atoms with Gasteiger partial charge in [0.2, 0.25) is 0 Å². The van der Waals surface area contributed by atoms with Crippen LogP contribution in [-0.4, -0.2) is 13.0 Å². The Morgan fingerprint density at radius 1 is 1.17 bits per heavy atom. The first-order valence-electron chi connectivity index (χ1n) is 5.38. The summed E-state index contributed by atoms with van der Waals surface area (Å²) in [5.74, 6) is -0.685. The molecule has 0 bridgehead atoms. The summed E-state index contributed by atoms with van der Waals surface area (Å²) in [6.45, 7) is 0. The summed E-state index contributed by atoms with van der Waals surface area (Å²) in [7, 11) is 1.66. The number of amides is 1. The molecule has 2 nitrogen and oxygen atoms in total. The van der Waals surface area contributed by atoms with Crippen molar-refractivity contribution in [3.05, 3.63) is 64.4 Å². The Morgan fingerprint density at radius 2 is 1.83 bits per heavy atom. The summed E-state index contributed by atoms with van der Waals surface area (Å²) in [4.78, 5) is 13.7. The third-order valence-corrected chi connectivity index (χ3v) is 3.30. The smallest absolute Gasteiger partial charge is 0.259 e. The average molecular weight is 308 g/mol. The number of anilines is 1. The predicted octanol–water partition coefficient (Wildman–Crippen LogP) is 3.86. The van der Waals surface area contributed by atoms with Crippen LogP contribution < -0.4 is 4.90 Å². The Bertz CT molecular complexity index is 571. The van der Waals surface area contributed by atoms with Crippen molar-refractivity contribution in [3.8, 4) is 0 Å². The van der Waals surface area contributed by atoms with Gasteiger partial charge in [-0.15, -0.1) is 0 Å². The van der Waals surface area contributed by atoms with E-state index in [-0.39, 0.29) is 5.91 Å². The van der Waals surface area contributed by atoms with Crippen molar-refractivity contribution in [1.29, 1.82) is 0 Å². The van der Waals surface area contributed by atoms with E-state index in [1.54, 1.807) is 7.05 Å². The van der Waals surface area contributed by atoms with Gasteiger partial charge >= 0.3 is 0 Å². The normalized spacial score (nSPS) is 10.2. The highest BCUT2D eigenvalue weighted by Crippen LogP contribution is 2.22. The molecule has 0 saturated carbocycles. The number of nitrogens with zero attached hydrogens (tertiary/aromatic N) is 1. The second kappa shape index (κ2) is 5.31. The number of rotatable bonds is 2. The molecule has 92 valence electrons. The van der Waals surface area contributed by atoms with Crippen molar-refractivity contribution in [1.82, 2.24) is 0 Å². The largest absolute Gasteiger partial charge is 0.311 e. The molecule has 4 heteroatoms. The molecule has 0 unspecified atom stereocenters. The van der Waals surface area contributed by atoms with Crippen LogP contribution in [-0.2, 0) is 0 Å². The highest BCUT2D eigenvalue weighted by molar-refractivity contribution is 9.10. The molecule has 0 heterocycles. The van der Waals surface area contributed by atoms with Crippen LogP contribution in [0.15, 0.2) is 53.0 Å². The first kappa shape index (κ1) is 12.8. The Balaban J connectivity index is 2.34. The second-order valence-electron chi connectivity index (χ2n) is 3.82. The number of para-hydroxylation sites is 1. The van der Waals surface area contributed by atoms with E-state index >= 15 is 0 Å². The molecule has 1 amide bonds. The van der Waals surface area contributed by atoms with Gasteiger partial charge < -0.3 is 4.90 Å². The molecule has 2 rings (SSSR count). The Morgan fingerprint density at radius 3 is 2.50 bits per heavy atom. The minimum Gasteiger partial charge on any atom is -0.311 e. The van der Waals surface area contributed by atoms with E-state index in [0.29, 0.717) is 10.0 Å². The number of carbonyl (C=O) groups is 1. The van der Waals surface area contributed by atoms with Crippen LogP contribution in [0.1, 0.15) is 10.4 Å². The minimum absolute atomic E-state index is 0.257. The summed E-state index contributed by atoms with van der Waals surface area (Å²) in [5, 5.41) is 0. The molecular formula is C14H11BrFNO. The highest BCUT2D eigenvalue weighted by Gasteiger charge is 2.16. The molecular weight excluding hydrogens is 297 g/mol. The number of benzene rings is 2. The van der Waals surface area contributed by atoms with Crippen molar-refractivity contribution >= 4 is 27.5 Å². The molecule has 2 aromatic carbocycles. The number of hydrogen-bond donors (Lipinski definition) is 0. The molecule has 0 atom stereocenters. The van der Waals surface area contributed by atoms with Crippen LogP contribution in [0.2, 0.25) is 0 Å². The summed E-state index contributed by atoms with van der Waals surface area (Å²) in [6.07, 6.45) is 0. The zero-order chi connectivity index (χ0) is 13.1. The van der Waals surface area contributed by atoms with Gasteiger partial charge in [0.1, 0.15) is 5.82 Å². The van der Waals surface area contributed by atoms with Crippen molar-refractivity contribution in [2.45, 2.75) is 0 Å². The topological polar surface area (TPSA) is 20.3 Å². The lowest BCUT2D eigenvalue weighted by atomic mass is 10.2. The lowest BCUT2D eigenvalue weighted by molar-refractivity contribution is 0.0992. The van der Waals surface area contributed by atoms with Gasteiger partial charge in [0.15, 0.2) is 0 Å². The SMILES string of the molecule is CN(C(=O)c1cc(F)ccc1Br)c1ccccc1. The maximum Gasteiger partial charge on any atom is 0.259 e. The molecule has 0 aliphatic heterocycles. The Hall–Kier alpha value is -1.68. The van der Waals surface area contributed by atoms with Gasteiger partial charge in [0.25, 0.3) is 5.91 Å². The molecule has 18 heavy (non-hydrogen) atoms. The van der Waals surface area contributed by atoms with Crippen LogP contribution in [0.25, 0.3) is 0 Å². The molecule has 0 radical (unpaired) electrons. The Kier molecular flexibility index (Phi) is 3.77. The highest BCUT2D eigenvalue weighted by atomic mass is 79.9. The second-order valence-corrected chi connectivity index (χ2v) is 4.68.